The van der Waals surface area contributed by atoms with Crippen molar-refractivity contribution in [1.82, 2.24) is 0 Å². The maximum absolute atomic E-state index is 13.9. The molecule has 4 aromatic carbocycles. The molecule has 0 radical (unpaired) electrons. The summed E-state index contributed by atoms with van der Waals surface area (Å²) in [6, 6.07) is 27.8. The minimum absolute atomic E-state index is 0.0350. The van der Waals surface area contributed by atoms with Gasteiger partial charge in [-0.15, -0.1) is 0 Å². The number of rotatable bonds is 6. The molecule has 10 heteroatoms. The van der Waals surface area contributed by atoms with Gasteiger partial charge in [0.15, 0.2) is 6.10 Å². The molecule has 0 unspecified atom stereocenters. The second kappa shape index (κ2) is 10.1. The van der Waals surface area contributed by atoms with Crippen LogP contribution in [0, 0.1) is 12.8 Å². The molecule has 40 heavy (non-hydrogen) atoms. The number of carbonyl (C=O) groups is 2. The molecule has 0 N–H and O–H groups in total. The van der Waals surface area contributed by atoms with Crippen molar-refractivity contribution >= 4 is 44.9 Å². The van der Waals surface area contributed by atoms with Crippen LogP contribution in [0.5, 0.6) is 5.75 Å². The SMILES string of the molecule is Cc1c(Cl)cccc1N1C(=O)[C@@H]2[C@@H](ON(c3ccccc3)[C@H]2c2ccc(OS(=O)(=O)c3ccccc3)cc2)C1=O. The average molecular weight is 575 g/mol. The third-order valence-electron chi connectivity index (χ3n) is 7.07. The van der Waals surface area contributed by atoms with E-state index in [-0.39, 0.29) is 10.6 Å². The molecule has 8 nitrogen and oxygen atoms in total. The Morgan fingerprint density at radius 1 is 0.800 bits per heavy atom. The van der Waals surface area contributed by atoms with E-state index in [1.807, 2.05) is 30.3 Å². The summed E-state index contributed by atoms with van der Waals surface area (Å²) in [5, 5.41) is 2.02. The third kappa shape index (κ3) is 4.42. The Bertz CT molecular complexity index is 1700. The van der Waals surface area contributed by atoms with E-state index in [0.717, 1.165) is 4.90 Å². The number of fused-ring (bicyclic) bond motifs is 1. The standard InChI is InChI=1S/C30H23ClN2O6S/c1-19-24(31)13-8-14-25(19)32-29(34)26-27(33(38-28(26)30(32)35)21-9-4-2-5-10-21)20-15-17-22(18-16-20)39-40(36,37)23-11-6-3-7-12-23/h2-18,26-28H,1H3/t26-,27-,28+/m0/s1. The predicted octanol–water partition coefficient (Wildman–Crippen LogP) is 5.47. The first-order valence-electron chi connectivity index (χ1n) is 12.5. The number of hydrogen-bond acceptors (Lipinski definition) is 7. The molecule has 2 saturated heterocycles. The smallest absolute Gasteiger partial charge is 0.339 e. The summed E-state index contributed by atoms with van der Waals surface area (Å²) in [6.07, 6.45) is -1.05. The van der Waals surface area contributed by atoms with Gasteiger partial charge in [0.1, 0.15) is 16.6 Å². The lowest BCUT2D eigenvalue weighted by atomic mass is 9.90. The van der Waals surface area contributed by atoms with E-state index >= 15 is 0 Å². The topological polar surface area (TPSA) is 93.2 Å². The first kappa shape index (κ1) is 26.1. The maximum atomic E-state index is 13.9. The molecule has 6 rings (SSSR count). The summed E-state index contributed by atoms with van der Waals surface area (Å²) in [4.78, 5) is 34.8. The van der Waals surface area contributed by atoms with Crippen LogP contribution in [0.15, 0.2) is 108 Å². The molecule has 0 bridgehead atoms. The lowest BCUT2D eigenvalue weighted by Crippen LogP contribution is -2.37. The van der Waals surface area contributed by atoms with Crippen molar-refractivity contribution in [2.24, 2.45) is 5.92 Å². The van der Waals surface area contributed by atoms with Gasteiger partial charge in [-0.1, -0.05) is 66.2 Å². The van der Waals surface area contributed by atoms with Crippen molar-refractivity contribution in [3.05, 3.63) is 119 Å². The van der Waals surface area contributed by atoms with Crippen LogP contribution >= 0.6 is 11.6 Å². The zero-order valence-electron chi connectivity index (χ0n) is 21.2. The van der Waals surface area contributed by atoms with Crippen LogP contribution in [0.25, 0.3) is 0 Å². The van der Waals surface area contributed by atoms with Crippen molar-refractivity contribution in [2.45, 2.75) is 24.0 Å². The van der Waals surface area contributed by atoms with Crippen molar-refractivity contribution in [3.63, 3.8) is 0 Å². The Labute approximate surface area is 236 Å². The number of imide groups is 1. The molecule has 0 aliphatic carbocycles. The summed E-state index contributed by atoms with van der Waals surface area (Å²) in [5.74, 6) is -1.63. The molecule has 0 saturated carbocycles. The number of anilines is 2. The quantitative estimate of drug-likeness (QED) is 0.223. The lowest BCUT2D eigenvalue weighted by molar-refractivity contribution is -0.126. The van der Waals surface area contributed by atoms with Crippen LogP contribution in [0.4, 0.5) is 11.4 Å². The molecule has 2 aliphatic heterocycles. The molecule has 4 aromatic rings. The van der Waals surface area contributed by atoms with Gasteiger partial charge in [0, 0.05) is 5.02 Å². The Morgan fingerprint density at radius 3 is 2.12 bits per heavy atom. The number of benzene rings is 4. The number of para-hydroxylation sites is 1. The molecule has 2 fully saturated rings. The van der Waals surface area contributed by atoms with Gasteiger partial charge in [-0.05, 0) is 66.6 Å². The Kier molecular flexibility index (Phi) is 6.58. The number of hydroxylamine groups is 1. The fraction of sp³-hybridized carbons (Fsp3) is 0.133. The minimum atomic E-state index is -4.03. The summed E-state index contributed by atoms with van der Waals surface area (Å²) in [6.45, 7) is 1.75. The van der Waals surface area contributed by atoms with Gasteiger partial charge in [0.25, 0.3) is 5.91 Å². The number of amides is 2. The summed E-state index contributed by atoms with van der Waals surface area (Å²) < 4.78 is 30.7. The fourth-order valence-corrected chi connectivity index (χ4v) is 6.23. The molecular formula is C30H23ClN2O6S. The molecule has 2 heterocycles. The summed E-state index contributed by atoms with van der Waals surface area (Å²) >= 11 is 6.29. The maximum Gasteiger partial charge on any atom is 0.339 e. The van der Waals surface area contributed by atoms with Crippen LogP contribution in [0.2, 0.25) is 5.02 Å². The van der Waals surface area contributed by atoms with Crippen LogP contribution in [-0.2, 0) is 24.5 Å². The number of hydrogen-bond donors (Lipinski definition) is 0. The second-order valence-corrected chi connectivity index (χ2v) is 11.4. The van der Waals surface area contributed by atoms with Gasteiger partial charge in [0.05, 0.1) is 17.4 Å². The molecule has 2 amide bonds. The van der Waals surface area contributed by atoms with E-state index in [4.69, 9.17) is 20.6 Å². The van der Waals surface area contributed by atoms with Gasteiger partial charge >= 0.3 is 10.1 Å². The van der Waals surface area contributed by atoms with Gasteiger partial charge in [-0.25, -0.2) is 9.96 Å². The Hall–Kier alpha value is -4.18. The largest absolute Gasteiger partial charge is 0.379 e. The zero-order chi connectivity index (χ0) is 28.0. The van der Waals surface area contributed by atoms with Crippen LogP contribution in [0.1, 0.15) is 17.2 Å². The van der Waals surface area contributed by atoms with Crippen LogP contribution < -0.4 is 14.1 Å². The molecule has 202 valence electrons. The normalized spacial score (nSPS) is 20.6. The highest BCUT2D eigenvalue weighted by Gasteiger charge is 2.60. The molecule has 0 aromatic heterocycles. The van der Waals surface area contributed by atoms with Crippen molar-refractivity contribution in [2.75, 3.05) is 9.96 Å². The molecule has 0 spiro atoms. The highest BCUT2D eigenvalue weighted by atomic mass is 35.5. The Morgan fingerprint density at radius 2 is 1.45 bits per heavy atom. The number of carbonyl (C=O) groups excluding carboxylic acids is 2. The number of nitrogens with zero attached hydrogens (tertiary/aromatic N) is 2. The van der Waals surface area contributed by atoms with Crippen LogP contribution in [0.3, 0.4) is 0 Å². The van der Waals surface area contributed by atoms with Crippen molar-refractivity contribution < 1.29 is 27.0 Å². The van der Waals surface area contributed by atoms with E-state index < -0.39 is 40.0 Å². The van der Waals surface area contributed by atoms with Crippen LogP contribution in [-0.4, -0.2) is 26.3 Å². The van der Waals surface area contributed by atoms with E-state index in [0.29, 0.717) is 27.5 Å². The van der Waals surface area contributed by atoms with Crippen molar-refractivity contribution in [3.8, 4) is 5.75 Å². The third-order valence-corrected chi connectivity index (χ3v) is 8.74. The van der Waals surface area contributed by atoms with E-state index in [1.54, 1.807) is 60.5 Å². The first-order chi connectivity index (χ1) is 19.3. The van der Waals surface area contributed by atoms with Gasteiger partial charge in [0.2, 0.25) is 5.91 Å². The average Bonchev–Trinajstić information content (AvgIpc) is 3.47. The summed E-state index contributed by atoms with van der Waals surface area (Å²) in [5.41, 5.74) is 2.34. The highest BCUT2D eigenvalue weighted by molar-refractivity contribution is 7.87. The van der Waals surface area contributed by atoms with Gasteiger partial charge in [-0.2, -0.15) is 8.42 Å². The Balaban J connectivity index is 1.36. The summed E-state index contributed by atoms with van der Waals surface area (Å²) in [7, 11) is -4.03. The second-order valence-electron chi connectivity index (χ2n) is 9.47. The fourth-order valence-electron chi connectivity index (χ4n) is 5.11. The predicted molar refractivity (Wildman–Crippen MR) is 149 cm³/mol. The van der Waals surface area contributed by atoms with Gasteiger partial charge < -0.3 is 4.18 Å². The van der Waals surface area contributed by atoms with Crippen molar-refractivity contribution in [1.29, 1.82) is 0 Å². The molecule has 3 atom stereocenters. The minimum Gasteiger partial charge on any atom is -0.379 e. The highest BCUT2D eigenvalue weighted by Crippen LogP contribution is 2.48. The van der Waals surface area contributed by atoms with E-state index in [9.17, 15) is 18.0 Å². The van der Waals surface area contributed by atoms with E-state index in [2.05, 4.69) is 0 Å². The van der Waals surface area contributed by atoms with Gasteiger partial charge in [-0.3, -0.25) is 14.4 Å². The van der Waals surface area contributed by atoms with E-state index in [1.165, 1.54) is 24.3 Å². The monoisotopic (exact) mass is 574 g/mol. The molecule has 2 aliphatic rings. The molecular weight excluding hydrogens is 552 g/mol. The first-order valence-corrected chi connectivity index (χ1v) is 14.3. The zero-order valence-corrected chi connectivity index (χ0v) is 22.7. The number of halogens is 1. The lowest BCUT2D eigenvalue weighted by Gasteiger charge is -2.29.